The lowest BCUT2D eigenvalue weighted by molar-refractivity contribution is -0.148. The highest BCUT2D eigenvalue weighted by Gasteiger charge is 2.13. The monoisotopic (exact) mass is 441 g/mol. The lowest BCUT2D eigenvalue weighted by Gasteiger charge is -2.10. The molecule has 9 nitrogen and oxygen atoms in total. The Kier molecular flexibility index (Phi) is 7.54. The second kappa shape index (κ2) is 10.5. The van der Waals surface area contributed by atoms with Gasteiger partial charge in [-0.3, -0.25) is 18.7 Å². The molecule has 2 aromatic carbocycles. The summed E-state index contributed by atoms with van der Waals surface area (Å²) in [5, 5.41) is 2.72. The molecule has 0 aliphatic rings. The predicted molar refractivity (Wildman–Crippen MR) is 119 cm³/mol. The third-order valence-electron chi connectivity index (χ3n) is 5.14. The number of para-hydroxylation sites is 2. The van der Waals surface area contributed by atoms with Gasteiger partial charge in [-0.1, -0.05) is 18.2 Å². The fraction of sp³-hybridized carbons (Fsp3) is 0.348. The Hall–Kier alpha value is -3.75. The maximum Gasteiger partial charge on any atom is 0.328 e. The molecule has 0 spiro atoms. The Morgan fingerprint density at radius 3 is 2.44 bits per heavy atom. The largest absolute Gasteiger partial charge is 0.493 e. The number of nitrogens with one attached hydrogen (secondary N) is 1. The number of methoxy groups -OCH3 is 2. The van der Waals surface area contributed by atoms with Crippen LogP contribution in [0.25, 0.3) is 11.0 Å². The molecular formula is C23H27N3O6. The van der Waals surface area contributed by atoms with E-state index in [9.17, 15) is 14.4 Å². The summed E-state index contributed by atoms with van der Waals surface area (Å²) in [7, 11) is 4.82. The number of esters is 1. The molecule has 3 aromatic rings. The number of benzene rings is 2. The second-order valence-corrected chi connectivity index (χ2v) is 7.18. The van der Waals surface area contributed by atoms with Crippen molar-refractivity contribution in [3.63, 3.8) is 0 Å². The van der Waals surface area contributed by atoms with Crippen molar-refractivity contribution in [2.75, 3.05) is 27.4 Å². The number of fused-ring (bicyclic) bond motifs is 1. The van der Waals surface area contributed by atoms with Crippen LogP contribution < -0.4 is 20.5 Å². The maximum absolute atomic E-state index is 12.4. The summed E-state index contributed by atoms with van der Waals surface area (Å²) < 4.78 is 18.6. The zero-order valence-electron chi connectivity index (χ0n) is 18.4. The van der Waals surface area contributed by atoms with Gasteiger partial charge >= 0.3 is 11.7 Å². The van der Waals surface area contributed by atoms with Crippen LogP contribution in [-0.4, -0.2) is 48.4 Å². The summed E-state index contributed by atoms with van der Waals surface area (Å²) in [6.07, 6.45) is 0.580. The van der Waals surface area contributed by atoms with E-state index in [4.69, 9.17) is 14.2 Å². The summed E-state index contributed by atoms with van der Waals surface area (Å²) in [4.78, 5) is 36.4. The highest BCUT2D eigenvalue weighted by molar-refractivity contribution is 5.80. The maximum atomic E-state index is 12.4. The zero-order valence-corrected chi connectivity index (χ0v) is 18.4. The van der Waals surface area contributed by atoms with Crippen LogP contribution in [0.4, 0.5) is 0 Å². The molecule has 0 aliphatic heterocycles. The Balaban J connectivity index is 1.42. The lowest BCUT2D eigenvalue weighted by atomic mass is 10.1. The Morgan fingerprint density at radius 1 is 1.00 bits per heavy atom. The number of nitrogens with zero attached hydrogens (tertiary/aromatic N) is 2. The van der Waals surface area contributed by atoms with E-state index >= 15 is 0 Å². The molecule has 9 heteroatoms. The van der Waals surface area contributed by atoms with Crippen LogP contribution in [0.2, 0.25) is 0 Å². The molecule has 1 aromatic heterocycles. The van der Waals surface area contributed by atoms with Crippen LogP contribution in [0.5, 0.6) is 11.5 Å². The summed E-state index contributed by atoms with van der Waals surface area (Å²) in [5.41, 5.74) is 2.31. The average Bonchev–Trinajstić information content (AvgIpc) is 3.05. The lowest BCUT2D eigenvalue weighted by Crippen LogP contribution is -2.31. The summed E-state index contributed by atoms with van der Waals surface area (Å²) in [6.45, 7) is 0.201. The third kappa shape index (κ3) is 5.29. The van der Waals surface area contributed by atoms with E-state index in [1.165, 1.54) is 9.13 Å². The van der Waals surface area contributed by atoms with E-state index in [1.807, 2.05) is 36.4 Å². The molecule has 1 heterocycles. The van der Waals surface area contributed by atoms with Crippen molar-refractivity contribution in [2.45, 2.75) is 19.4 Å². The van der Waals surface area contributed by atoms with Gasteiger partial charge < -0.3 is 19.5 Å². The van der Waals surface area contributed by atoms with E-state index in [2.05, 4.69) is 5.32 Å². The number of carbonyl (C=O) groups is 2. The summed E-state index contributed by atoms with van der Waals surface area (Å²) >= 11 is 0. The van der Waals surface area contributed by atoms with Crippen molar-refractivity contribution >= 4 is 22.9 Å². The van der Waals surface area contributed by atoms with Gasteiger partial charge in [0.2, 0.25) is 0 Å². The number of carbonyl (C=O) groups excluding carboxylic acids is 2. The Bertz CT molecular complexity index is 1160. The number of imidazole rings is 1. The quantitative estimate of drug-likeness (QED) is 0.480. The highest BCUT2D eigenvalue weighted by Crippen LogP contribution is 2.27. The van der Waals surface area contributed by atoms with Gasteiger partial charge in [-0.25, -0.2) is 4.79 Å². The number of amides is 1. The highest BCUT2D eigenvalue weighted by atomic mass is 16.5. The number of hydrogen-bond donors (Lipinski definition) is 1. The first-order chi connectivity index (χ1) is 15.4. The first-order valence-corrected chi connectivity index (χ1v) is 10.2. The van der Waals surface area contributed by atoms with E-state index in [0.717, 1.165) is 16.6 Å². The summed E-state index contributed by atoms with van der Waals surface area (Å²) in [6, 6.07) is 12.9. The topological polar surface area (TPSA) is 101 Å². The molecule has 170 valence electrons. The van der Waals surface area contributed by atoms with Crippen LogP contribution >= 0.6 is 0 Å². The number of aromatic nitrogens is 2. The number of rotatable bonds is 10. The van der Waals surface area contributed by atoms with Crippen LogP contribution in [0.3, 0.4) is 0 Å². The normalized spacial score (nSPS) is 10.7. The molecule has 0 saturated heterocycles. The zero-order chi connectivity index (χ0) is 23.1. The van der Waals surface area contributed by atoms with Gasteiger partial charge in [0.25, 0.3) is 5.91 Å². The van der Waals surface area contributed by atoms with Gasteiger partial charge in [0.1, 0.15) is 0 Å². The standard InChI is InChI=1S/C23H27N3O6/c1-25-17-6-4-5-7-18(17)26(23(25)29)13-11-22(28)32-15-21(27)24-12-10-16-8-9-19(30-2)20(14-16)31-3/h4-9,14H,10-13,15H2,1-3H3,(H,24,27). The molecule has 1 N–H and O–H groups in total. The summed E-state index contributed by atoms with van der Waals surface area (Å²) in [5.74, 6) is 0.328. The molecule has 1 amide bonds. The van der Waals surface area contributed by atoms with Crippen LogP contribution in [0, 0.1) is 0 Å². The number of hydrogen-bond acceptors (Lipinski definition) is 6. The van der Waals surface area contributed by atoms with E-state index in [1.54, 1.807) is 27.3 Å². The minimum atomic E-state index is -0.542. The van der Waals surface area contributed by atoms with Gasteiger partial charge in [-0.2, -0.15) is 0 Å². The van der Waals surface area contributed by atoms with Crippen molar-refractivity contribution in [2.24, 2.45) is 7.05 Å². The fourth-order valence-electron chi connectivity index (χ4n) is 3.43. The molecule has 0 fully saturated rings. The molecule has 0 unspecified atom stereocenters. The van der Waals surface area contributed by atoms with Crippen molar-refractivity contribution in [3.8, 4) is 11.5 Å². The van der Waals surface area contributed by atoms with Crippen molar-refractivity contribution in [1.29, 1.82) is 0 Å². The van der Waals surface area contributed by atoms with Gasteiger partial charge in [0.05, 0.1) is 31.7 Å². The van der Waals surface area contributed by atoms with Crippen LogP contribution in [0.15, 0.2) is 47.3 Å². The van der Waals surface area contributed by atoms with Gasteiger partial charge in [0, 0.05) is 20.1 Å². The van der Waals surface area contributed by atoms with Crippen LogP contribution in [0.1, 0.15) is 12.0 Å². The molecular weight excluding hydrogens is 414 g/mol. The van der Waals surface area contributed by atoms with Gasteiger partial charge in [-0.05, 0) is 36.2 Å². The molecule has 0 aliphatic carbocycles. The Morgan fingerprint density at radius 2 is 1.72 bits per heavy atom. The average molecular weight is 441 g/mol. The molecule has 0 bridgehead atoms. The van der Waals surface area contributed by atoms with Crippen molar-refractivity contribution in [3.05, 3.63) is 58.5 Å². The molecule has 32 heavy (non-hydrogen) atoms. The molecule has 0 atom stereocenters. The fourth-order valence-corrected chi connectivity index (χ4v) is 3.43. The molecule has 0 radical (unpaired) electrons. The first-order valence-electron chi connectivity index (χ1n) is 10.2. The Labute approximate surface area is 185 Å². The van der Waals surface area contributed by atoms with Gasteiger partial charge in [-0.15, -0.1) is 0 Å². The van der Waals surface area contributed by atoms with Crippen LogP contribution in [-0.2, 0) is 34.3 Å². The first kappa shape index (κ1) is 22.9. The molecule has 3 rings (SSSR count). The van der Waals surface area contributed by atoms with E-state index in [-0.39, 0.29) is 31.2 Å². The minimum Gasteiger partial charge on any atom is -0.493 e. The van der Waals surface area contributed by atoms with E-state index < -0.39 is 5.97 Å². The smallest absolute Gasteiger partial charge is 0.328 e. The van der Waals surface area contributed by atoms with Crippen molar-refractivity contribution in [1.82, 2.24) is 14.5 Å². The van der Waals surface area contributed by atoms with E-state index in [0.29, 0.717) is 24.5 Å². The second-order valence-electron chi connectivity index (χ2n) is 7.18. The third-order valence-corrected chi connectivity index (χ3v) is 5.14. The van der Waals surface area contributed by atoms with Gasteiger partial charge in [0.15, 0.2) is 18.1 Å². The predicted octanol–water partition coefficient (Wildman–Crippen LogP) is 1.65. The SMILES string of the molecule is COc1ccc(CCNC(=O)COC(=O)CCn2c(=O)n(C)c3ccccc32)cc1OC. The number of ether oxygens (including phenoxy) is 3. The minimum absolute atomic E-state index is 0.00711. The van der Waals surface area contributed by atoms with Crippen molar-refractivity contribution < 1.29 is 23.8 Å². The number of aryl methyl sites for hydroxylation is 2. The molecule has 0 saturated carbocycles.